The fraction of sp³-hybridized carbons (Fsp3) is 0.364. The second-order valence-electron chi connectivity index (χ2n) is 12.2. The number of aliphatic hydroxyl groups excluding tert-OH is 1. The summed E-state index contributed by atoms with van der Waals surface area (Å²) < 4.78 is 46.1. The highest BCUT2D eigenvalue weighted by molar-refractivity contribution is 5.94. The molecule has 16 nitrogen and oxygen atoms in total. The fourth-order valence-corrected chi connectivity index (χ4v) is 4.51. The highest BCUT2D eigenvalue weighted by Crippen LogP contribution is 2.29. The molecule has 4 rings (SSSR count). The summed E-state index contributed by atoms with van der Waals surface area (Å²) in [6, 6.07) is 4.46. The van der Waals surface area contributed by atoms with Crippen molar-refractivity contribution >= 4 is 34.8 Å². The predicted molar refractivity (Wildman–Crippen MR) is 179 cm³/mol. The van der Waals surface area contributed by atoms with Crippen LogP contribution in [0.25, 0.3) is 11.2 Å². The number of halogens is 2. The Labute approximate surface area is 290 Å². The molecule has 51 heavy (non-hydrogen) atoms. The van der Waals surface area contributed by atoms with Crippen molar-refractivity contribution in [2.45, 2.75) is 58.2 Å². The van der Waals surface area contributed by atoms with Gasteiger partial charge in [0.25, 0.3) is 11.4 Å². The lowest BCUT2D eigenvalue weighted by atomic mass is 10.1. The van der Waals surface area contributed by atoms with Gasteiger partial charge in [0.15, 0.2) is 22.7 Å². The molecule has 0 aliphatic rings. The van der Waals surface area contributed by atoms with Gasteiger partial charge >= 0.3 is 6.09 Å². The Morgan fingerprint density at radius 2 is 1.88 bits per heavy atom. The van der Waals surface area contributed by atoms with Crippen molar-refractivity contribution in [3.63, 3.8) is 0 Å². The minimum atomic E-state index is -1.50. The van der Waals surface area contributed by atoms with E-state index in [-0.39, 0.29) is 59.6 Å². The van der Waals surface area contributed by atoms with Crippen LogP contribution in [0, 0.1) is 11.6 Å². The number of benzene rings is 1. The van der Waals surface area contributed by atoms with E-state index < -0.39 is 47.3 Å². The SMILES string of the molecule is COC(O)N[C@@H](CC/C=C/C(=O)N(C)C)C(=O)Nc1cccn(Cc2nc3c(Oc4ccc(F)cc4F)ncnc3n2C(=O)OC(C)(C)C)c1=O. The number of aromatic nitrogens is 5. The number of carbonyl (C=O) groups excluding carboxylic acids is 3. The summed E-state index contributed by atoms with van der Waals surface area (Å²) in [4.78, 5) is 66.3. The molecule has 18 heteroatoms. The normalized spacial score (nSPS) is 12.9. The van der Waals surface area contributed by atoms with E-state index in [1.807, 2.05) is 0 Å². The number of aliphatic hydroxyl groups is 1. The van der Waals surface area contributed by atoms with E-state index in [0.29, 0.717) is 6.07 Å². The Balaban J connectivity index is 1.67. The molecule has 3 N–H and O–H groups in total. The summed E-state index contributed by atoms with van der Waals surface area (Å²) in [5.41, 5.74) is -1.96. The van der Waals surface area contributed by atoms with Crippen molar-refractivity contribution in [3.8, 4) is 11.6 Å². The number of anilines is 1. The first-order valence-electron chi connectivity index (χ1n) is 15.5. The van der Waals surface area contributed by atoms with Crippen molar-refractivity contribution in [2.24, 2.45) is 0 Å². The molecule has 0 aliphatic heterocycles. The van der Waals surface area contributed by atoms with Gasteiger partial charge in [0.2, 0.25) is 18.2 Å². The lowest BCUT2D eigenvalue weighted by Gasteiger charge is -2.21. The second kappa shape index (κ2) is 16.4. The first-order chi connectivity index (χ1) is 24.1. The summed E-state index contributed by atoms with van der Waals surface area (Å²) >= 11 is 0. The fourth-order valence-electron chi connectivity index (χ4n) is 4.51. The summed E-state index contributed by atoms with van der Waals surface area (Å²) in [5.74, 6) is -3.45. The predicted octanol–water partition coefficient (Wildman–Crippen LogP) is 3.13. The molecule has 4 aromatic rings. The number of rotatable bonds is 13. The van der Waals surface area contributed by atoms with Gasteiger partial charge in [-0.15, -0.1) is 0 Å². The van der Waals surface area contributed by atoms with Crippen LogP contribution < -0.4 is 20.9 Å². The lowest BCUT2D eigenvalue weighted by molar-refractivity contribution is -0.129. The number of carbonyl (C=O) groups is 3. The van der Waals surface area contributed by atoms with Crippen LogP contribution in [0.1, 0.15) is 39.4 Å². The van der Waals surface area contributed by atoms with Gasteiger partial charge in [-0.1, -0.05) is 6.08 Å². The Kier molecular flexibility index (Phi) is 12.3. The topological polar surface area (TPSA) is 192 Å². The van der Waals surface area contributed by atoms with Gasteiger partial charge in [0.1, 0.15) is 29.3 Å². The molecule has 1 unspecified atom stereocenters. The number of allylic oxidation sites excluding steroid dienone is 1. The largest absolute Gasteiger partial charge is 0.443 e. The molecule has 0 bridgehead atoms. The van der Waals surface area contributed by atoms with Crippen LogP contribution in [0.5, 0.6) is 11.6 Å². The monoisotopic (exact) mass is 712 g/mol. The van der Waals surface area contributed by atoms with E-state index >= 15 is 0 Å². The molecule has 0 fully saturated rings. The average Bonchev–Trinajstić information content (AvgIpc) is 3.43. The number of nitrogens with one attached hydrogen (secondary N) is 2. The van der Waals surface area contributed by atoms with E-state index in [0.717, 1.165) is 27.6 Å². The van der Waals surface area contributed by atoms with Crippen molar-refractivity contribution in [2.75, 3.05) is 26.5 Å². The standard InChI is InChI=1S/C33H38F2N8O8/c1-33(2,3)51-32(48)43-24(40-26-27(43)36-18-37-29(26)50-23-14-13-19(34)16-20(23)35)17-42-15-9-11-22(30(42)46)38-28(45)21(39-31(47)49-6)10-7-8-12-25(44)41(4)5/h8-9,11-16,18,21,31,39,47H,7,10,17H2,1-6H3,(H,38,45)/b12-8+/t21-,31?/m0/s1. The van der Waals surface area contributed by atoms with Gasteiger partial charge in [-0.3, -0.25) is 19.7 Å². The number of pyridine rings is 1. The number of hydrogen-bond acceptors (Lipinski definition) is 12. The summed E-state index contributed by atoms with van der Waals surface area (Å²) in [5, 5.41) is 15.2. The molecule has 3 heterocycles. The molecule has 0 aliphatic carbocycles. The Bertz CT molecular complexity index is 1990. The van der Waals surface area contributed by atoms with Crippen LogP contribution in [-0.4, -0.2) is 91.3 Å². The maximum Gasteiger partial charge on any atom is 0.421 e. The smallest absolute Gasteiger partial charge is 0.421 e. The number of methoxy groups -OCH3 is 1. The van der Waals surface area contributed by atoms with E-state index in [1.54, 1.807) is 40.9 Å². The molecule has 2 amide bonds. The number of hydrogen-bond donors (Lipinski definition) is 3. The number of likely N-dealkylation sites (N-methyl/N-ethyl adjacent to an activating group) is 1. The molecule has 1 aromatic carbocycles. The third-order valence-electron chi connectivity index (χ3n) is 6.95. The highest BCUT2D eigenvalue weighted by atomic mass is 19.1. The summed E-state index contributed by atoms with van der Waals surface area (Å²) in [6.07, 6.45) is 3.36. The number of fused-ring (bicyclic) bond motifs is 1. The zero-order valence-corrected chi connectivity index (χ0v) is 28.7. The van der Waals surface area contributed by atoms with E-state index in [2.05, 4.69) is 25.6 Å². The molecule has 0 radical (unpaired) electrons. The van der Waals surface area contributed by atoms with Crippen molar-refractivity contribution in [1.29, 1.82) is 0 Å². The second-order valence-corrected chi connectivity index (χ2v) is 12.2. The van der Waals surface area contributed by atoms with Crippen LogP contribution in [0.2, 0.25) is 0 Å². The molecular formula is C33H38F2N8O8. The first-order valence-corrected chi connectivity index (χ1v) is 15.5. The Morgan fingerprint density at radius 3 is 2.55 bits per heavy atom. The number of amides is 2. The number of nitrogens with zero attached hydrogens (tertiary/aromatic N) is 6. The highest BCUT2D eigenvalue weighted by Gasteiger charge is 2.27. The van der Waals surface area contributed by atoms with Gasteiger partial charge in [0, 0.05) is 33.5 Å². The minimum Gasteiger partial charge on any atom is -0.443 e. The van der Waals surface area contributed by atoms with Crippen LogP contribution in [0.4, 0.5) is 19.3 Å². The quantitative estimate of drug-likeness (QED) is 0.136. The maximum absolute atomic E-state index is 14.4. The number of ether oxygens (including phenoxy) is 3. The van der Waals surface area contributed by atoms with E-state index in [9.17, 15) is 33.1 Å². The van der Waals surface area contributed by atoms with E-state index in [1.165, 1.54) is 36.4 Å². The van der Waals surface area contributed by atoms with Crippen molar-refractivity contribution in [1.82, 2.24) is 34.3 Å². The van der Waals surface area contributed by atoms with Crippen molar-refractivity contribution < 1.29 is 42.5 Å². The third-order valence-corrected chi connectivity index (χ3v) is 6.95. The molecule has 272 valence electrons. The zero-order valence-electron chi connectivity index (χ0n) is 28.7. The molecule has 0 spiro atoms. The molecule has 3 aromatic heterocycles. The summed E-state index contributed by atoms with van der Waals surface area (Å²) in [6.45, 7) is 4.59. The summed E-state index contributed by atoms with van der Waals surface area (Å²) in [7, 11) is 4.42. The molecule has 0 saturated carbocycles. The van der Waals surface area contributed by atoms with Crippen LogP contribution >= 0.6 is 0 Å². The number of imidazole rings is 1. The minimum absolute atomic E-state index is 0.0587. The average molecular weight is 713 g/mol. The zero-order chi connectivity index (χ0) is 37.5. The molecule has 2 atom stereocenters. The lowest BCUT2D eigenvalue weighted by Crippen LogP contribution is -2.47. The molecular weight excluding hydrogens is 674 g/mol. The Morgan fingerprint density at radius 1 is 1.14 bits per heavy atom. The third kappa shape index (κ3) is 9.99. The van der Waals surface area contributed by atoms with Gasteiger partial charge < -0.3 is 34.1 Å². The van der Waals surface area contributed by atoms with Crippen LogP contribution in [-0.2, 0) is 25.6 Å². The Hall–Kier alpha value is -5.59. The molecule has 0 saturated heterocycles. The van der Waals surface area contributed by atoms with Gasteiger partial charge in [-0.05, 0) is 64.0 Å². The van der Waals surface area contributed by atoms with Crippen LogP contribution in [0.15, 0.2) is 59.8 Å². The van der Waals surface area contributed by atoms with Gasteiger partial charge in [0.05, 0.1) is 12.6 Å². The van der Waals surface area contributed by atoms with E-state index in [4.69, 9.17) is 14.2 Å². The maximum atomic E-state index is 14.4. The first kappa shape index (κ1) is 38.2. The van der Waals surface area contributed by atoms with Crippen LogP contribution in [0.3, 0.4) is 0 Å². The van der Waals surface area contributed by atoms with Gasteiger partial charge in [-0.2, -0.15) is 4.98 Å². The van der Waals surface area contributed by atoms with Crippen molar-refractivity contribution in [3.05, 3.63) is 82.8 Å². The van der Waals surface area contributed by atoms with Gasteiger partial charge in [-0.25, -0.2) is 28.1 Å².